The third kappa shape index (κ3) is 3.00. The molecule has 1 fully saturated rings. The summed E-state index contributed by atoms with van der Waals surface area (Å²) in [5.74, 6) is 0. The first-order chi connectivity index (χ1) is 9.33. The van der Waals surface area contributed by atoms with E-state index in [2.05, 4.69) is 27.5 Å². The highest BCUT2D eigenvalue weighted by Gasteiger charge is 2.19. The van der Waals surface area contributed by atoms with Crippen LogP contribution in [0.15, 0.2) is 29.8 Å². The van der Waals surface area contributed by atoms with E-state index in [9.17, 15) is 0 Å². The van der Waals surface area contributed by atoms with E-state index in [0.29, 0.717) is 6.04 Å². The molecule has 1 N–H and O–H groups in total. The molecule has 2 aromatic heterocycles. The van der Waals surface area contributed by atoms with Gasteiger partial charge in [-0.2, -0.15) is 0 Å². The lowest BCUT2D eigenvalue weighted by Crippen LogP contribution is -2.49. The number of rotatable bonds is 3. The maximum absolute atomic E-state index is 4.70. The van der Waals surface area contributed by atoms with Crippen LogP contribution in [0.4, 0.5) is 0 Å². The first-order valence-corrected chi connectivity index (χ1v) is 7.51. The van der Waals surface area contributed by atoms with Crippen LogP contribution in [0.5, 0.6) is 0 Å². The Hall–Kier alpha value is -1.30. The van der Waals surface area contributed by atoms with Crippen molar-refractivity contribution in [2.45, 2.75) is 19.5 Å². The highest BCUT2D eigenvalue weighted by Crippen LogP contribution is 2.22. The normalized spacial score (nSPS) is 20.6. The first-order valence-electron chi connectivity index (χ1n) is 6.63. The Balaban J connectivity index is 1.71. The molecular weight excluding hydrogens is 256 g/mol. The van der Waals surface area contributed by atoms with Crippen LogP contribution in [0.3, 0.4) is 0 Å². The lowest BCUT2D eigenvalue weighted by Gasteiger charge is -2.33. The van der Waals surface area contributed by atoms with Gasteiger partial charge in [0.1, 0.15) is 5.01 Å². The Labute approximate surface area is 117 Å². The molecule has 1 atom stereocenters. The maximum atomic E-state index is 4.70. The van der Waals surface area contributed by atoms with E-state index in [1.165, 1.54) is 0 Å². The second kappa shape index (κ2) is 5.77. The van der Waals surface area contributed by atoms with Crippen LogP contribution in [0.1, 0.15) is 12.6 Å². The molecule has 0 amide bonds. The average molecular weight is 274 g/mol. The minimum atomic E-state index is 0.578. The predicted molar refractivity (Wildman–Crippen MR) is 78.1 cm³/mol. The fraction of sp³-hybridized carbons (Fsp3) is 0.429. The van der Waals surface area contributed by atoms with Crippen molar-refractivity contribution >= 4 is 11.3 Å². The number of pyridine rings is 1. The van der Waals surface area contributed by atoms with Crippen molar-refractivity contribution in [3.8, 4) is 10.7 Å². The summed E-state index contributed by atoms with van der Waals surface area (Å²) in [4.78, 5) is 11.5. The molecule has 100 valence electrons. The van der Waals surface area contributed by atoms with Gasteiger partial charge in [0, 0.05) is 43.8 Å². The van der Waals surface area contributed by atoms with E-state index < -0.39 is 0 Å². The molecule has 2 aromatic rings. The van der Waals surface area contributed by atoms with Crippen LogP contribution in [-0.4, -0.2) is 40.5 Å². The summed E-state index contributed by atoms with van der Waals surface area (Å²) in [5, 5.41) is 6.58. The molecule has 3 rings (SSSR count). The van der Waals surface area contributed by atoms with Crippen molar-refractivity contribution in [2.24, 2.45) is 0 Å². The number of piperazine rings is 1. The van der Waals surface area contributed by atoms with E-state index in [-0.39, 0.29) is 0 Å². The first kappa shape index (κ1) is 12.7. The molecule has 0 aliphatic carbocycles. The van der Waals surface area contributed by atoms with Gasteiger partial charge in [-0.1, -0.05) is 6.07 Å². The molecule has 1 aliphatic heterocycles. The molecule has 19 heavy (non-hydrogen) atoms. The monoisotopic (exact) mass is 274 g/mol. The Kier molecular flexibility index (Phi) is 3.87. The second-order valence-electron chi connectivity index (χ2n) is 4.88. The van der Waals surface area contributed by atoms with Gasteiger partial charge in [0.05, 0.1) is 11.4 Å². The highest BCUT2D eigenvalue weighted by molar-refractivity contribution is 7.13. The van der Waals surface area contributed by atoms with Crippen LogP contribution in [0.25, 0.3) is 10.7 Å². The van der Waals surface area contributed by atoms with Crippen molar-refractivity contribution < 1.29 is 0 Å². The van der Waals surface area contributed by atoms with Gasteiger partial charge in [-0.3, -0.25) is 9.88 Å². The van der Waals surface area contributed by atoms with Crippen LogP contribution < -0.4 is 5.32 Å². The van der Waals surface area contributed by atoms with Crippen LogP contribution >= 0.6 is 11.3 Å². The lowest BCUT2D eigenvalue weighted by molar-refractivity contribution is 0.164. The van der Waals surface area contributed by atoms with Crippen LogP contribution in [0.2, 0.25) is 0 Å². The summed E-state index contributed by atoms with van der Waals surface area (Å²) in [6, 6.07) is 6.52. The quantitative estimate of drug-likeness (QED) is 0.929. The Morgan fingerprint density at radius 2 is 2.42 bits per heavy atom. The van der Waals surface area contributed by atoms with Crippen molar-refractivity contribution in [3.63, 3.8) is 0 Å². The molecule has 0 aromatic carbocycles. The summed E-state index contributed by atoms with van der Waals surface area (Å²) in [6.45, 7) is 6.43. The van der Waals surface area contributed by atoms with E-state index in [1.807, 2.05) is 24.4 Å². The molecule has 1 aliphatic rings. The zero-order valence-electron chi connectivity index (χ0n) is 11.0. The smallest absolute Gasteiger partial charge is 0.142 e. The number of aromatic nitrogens is 2. The second-order valence-corrected chi connectivity index (χ2v) is 5.74. The van der Waals surface area contributed by atoms with Crippen molar-refractivity contribution in [1.29, 1.82) is 0 Å². The standard InChI is InChI=1S/C14H18N4S/c1-11-8-15-6-7-18(11)9-12-10-19-14(17-12)13-4-2-3-5-16-13/h2-5,10-11,15H,6-9H2,1H3/t11-/m0/s1. The SMILES string of the molecule is C[C@H]1CNCCN1Cc1csc(-c2ccccn2)n1. The summed E-state index contributed by atoms with van der Waals surface area (Å²) in [5.41, 5.74) is 2.12. The van der Waals surface area contributed by atoms with Gasteiger partial charge in [-0.05, 0) is 19.1 Å². The molecule has 1 saturated heterocycles. The van der Waals surface area contributed by atoms with Crippen LogP contribution in [-0.2, 0) is 6.54 Å². The molecule has 0 saturated carbocycles. The van der Waals surface area contributed by atoms with E-state index in [0.717, 1.165) is 42.6 Å². The summed E-state index contributed by atoms with van der Waals surface area (Å²) in [7, 11) is 0. The van der Waals surface area contributed by atoms with E-state index in [4.69, 9.17) is 4.98 Å². The molecule has 0 unspecified atom stereocenters. The van der Waals surface area contributed by atoms with Gasteiger partial charge in [0.2, 0.25) is 0 Å². The largest absolute Gasteiger partial charge is 0.314 e. The fourth-order valence-corrected chi connectivity index (χ4v) is 3.10. The Bertz CT molecular complexity index is 525. The number of nitrogens with one attached hydrogen (secondary N) is 1. The lowest BCUT2D eigenvalue weighted by atomic mass is 10.2. The van der Waals surface area contributed by atoms with Crippen molar-refractivity contribution in [3.05, 3.63) is 35.5 Å². The third-order valence-corrected chi connectivity index (χ3v) is 4.35. The molecular formula is C14H18N4S. The molecule has 0 spiro atoms. The zero-order chi connectivity index (χ0) is 13.1. The minimum absolute atomic E-state index is 0.578. The Morgan fingerprint density at radius 1 is 1.47 bits per heavy atom. The van der Waals surface area contributed by atoms with Crippen LogP contribution in [0, 0.1) is 0 Å². The molecule has 0 bridgehead atoms. The molecule has 3 heterocycles. The van der Waals surface area contributed by atoms with Gasteiger partial charge in [0.25, 0.3) is 0 Å². The Morgan fingerprint density at radius 3 is 3.21 bits per heavy atom. The van der Waals surface area contributed by atoms with Gasteiger partial charge in [0.15, 0.2) is 0 Å². The van der Waals surface area contributed by atoms with Gasteiger partial charge >= 0.3 is 0 Å². The number of thiazole rings is 1. The number of nitrogens with zero attached hydrogens (tertiary/aromatic N) is 3. The maximum Gasteiger partial charge on any atom is 0.142 e. The summed E-state index contributed by atoms with van der Waals surface area (Å²) in [6.07, 6.45) is 1.81. The minimum Gasteiger partial charge on any atom is -0.314 e. The number of hydrogen-bond donors (Lipinski definition) is 1. The summed E-state index contributed by atoms with van der Waals surface area (Å²) >= 11 is 1.68. The van der Waals surface area contributed by atoms with Gasteiger partial charge < -0.3 is 5.32 Å². The van der Waals surface area contributed by atoms with Gasteiger partial charge in [-0.25, -0.2) is 4.98 Å². The van der Waals surface area contributed by atoms with Crippen molar-refractivity contribution in [1.82, 2.24) is 20.2 Å². The fourth-order valence-electron chi connectivity index (χ4n) is 2.31. The topological polar surface area (TPSA) is 41.0 Å². The highest BCUT2D eigenvalue weighted by atomic mass is 32.1. The zero-order valence-corrected chi connectivity index (χ0v) is 11.9. The molecule has 0 radical (unpaired) electrons. The predicted octanol–water partition coefficient (Wildman–Crippen LogP) is 2.00. The third-order valence-electron chi connectivity index (χ3n) is 3.44. The van der Waals surface area contributed by atoms with E-state index >= 15 is 0 Å². The average Bonchev–Trinajstić information content (AvgIpc) is 2.91. The van der Waals surface area contributed by atoms with E-state index in [1.54, 1.807) is 11.3 Å². The summed E-state index contributed by atoms with van der Waals surface area (Å²) < 4.78 is 0. The van der Waals surface area contributed by atoms with Crippen molar-refractivity contribution in [2.75, 3.05) is 19.6 Å². The van der Waals surface area contributed by atoms with Gasteiger partial charge in [-0.15, -0.1) is 11.3 Å². The number of hydrogen-bond acceptors (Lipinski definition) is 5. The molecule has 5 heteroatoms. The molecule has 4 nitrogen and oxygen atoms in total.